The van der Waals surface area contributed by atoms with Gasteiger partial charge in [0.1, 0.15) is 0 Å². The summed E-state index contributed by atoms with van der Waals surface area (Å²) in [5.74, 6) is 0. The third-order valence-electron chi connectivity index (χ3n) is 20.2. The summed E-state index contributed by atoms with van der Waals surface area (Å²) < 4.78 is 7.40. The molecule has 0 spiro atoms. The summed E-state index contributed by atoms with van der Waals surface area (Å²) in [4.78, 5) is 9.71. The molecule has 0 bridgehead atoms. The third-order valence-corrected chi connectivity index (χ3v) is 20.2. The Morgan fingerprint density at radius 2 is 0.596 bits per heavy atom. The summed E-state index contributed by atoms with van der Waals surface area (Å²) in [5.41, 5.74) is 25.5. The summed E-state index contributed by atoms with van der Waals surface area (Å²) in [7, 11) is 2.25. The van der Waals surface area contributed by atoms with Crippen LogP contribution >= 0.6 is 0 Å². The van der Waals surface area contributed by atoms with Crippen molar-refractivity contribution in [1.82, 2.24) is 13.7 Å². The largest absolute Gasteiger partial charge is 0.345 e. The molecule has 1 aliphatic rings. The van der Waals surface area contributed by atoms with E-state index in [-0.39, 0.29) is 6.71 Å². The summed E-state index contributed by atoms with van der Waals surface area (Å²) in [6.45, 7) is -0.239. The predicted molar refractivity (Wildman–Crippen MR) is 419 cm³/mol. The fourth-order valence-corrected chi connectivity index (χ4v) is 15.9. The van der Waals surface area contributed by atoms with Crippen LogP contribution in [0.4, 0.5) is 62.6 Å². The van der Waals surface area contributed by atoms with Crippen LogP contribution in [0.15, 0.2) is 370 Å². The van der Waals surface area contributed by atoms with Gasteiger partial charge >= 0.3 is 0 Å². The van der Waals surface area contributed by atoms with Gasteiger partial charge in [0, 0.05) is 113 Å². The molecule has 3 aromatic heterocycles. The lowest BCUT2D eigenvalue weighted by Crippen LogP contribution is -2.58. The number of fused-ring (bicyclic) bond motifs is 11. The van der Waals surface area contributed by atoms with E-state index in [2.05, 4.69) is 410 Å². The second-order valence-corrected chi connectivity index (χ2v) is 25.7. The van der Waals surface area contributed by atoms with Crippen molar-refractivity contribution in [2.75, 3.05) is 26.6 Å². The smallest absolute Gasteiger partial charge is 0.249 e. The molecule has 0 radical (unpaired) electrons. The van der Waals surface area contributed by atoms with Crippen LogP contribution in [0.1, 0.15) is 0 Å². The number of nitrogens with zero attached hydrogens (tertiary/aromatic N) is 7. The second kappa shape index (κ2) is 23.7. The van der Waals surface area contributed by atoms with Crippen LogP contribution in [-0.2, 0) is 0 Å². The predicted octanol–water partition coefficient (Wildman–Crippen LogP) is 22.0. The van der Waals surface area contributed by atoms with Crippen LogP contribution in [0.2, 0.25) is 0 Å². The Balaban J connectivity index is 0.902. The van der Waals surface area contributed by atoms with Gasteiger partial charge in [-0.2, -0.15) is 0 Å². The standard InChI is InChI=1S/C91H64BN7/c1-93(64-28-8-2-9-29-64)89-61-74(99-86-56-53-71(94(65-30-10-3-11-31-65)66-32-12-4-13-33-66)58-79(86)80-59-72(54-57-87(80)99)95(67-34-14-5-15-35-67)68-36-16-6-17-37-68)62-90-91(89)92(63-48-50-70(51-49-63)96-82-44-24-20-40-75(82)76-41-21-25-45-83(76)96)81-55-52-73(60-88(81)97(90)69-38-18-7-19-39-69)98-84-46-26-22-42-77(84)78-43-23-27-47-85(78)98/h2-62H,1H3. The number of benzene rings is 15. The summed E-state index contributed by atoms with van der Waals surface area (Å²) in [6, 6.07) is 136. The Hall–Kier alpha value is -13.0. The molecular formula is C91H64BN7. The van der Waals surface area contributed by atoms with Crippen molar-refractivity contribution in [2.45, 2.75) is 0 Å². The fourth-order valence-electron chi connectivity index (χ4n) is 15.9. The zero-order valence-corrected chi connectivity index (χ0v) is 54.4. The monoisotopic (exact) mass is 1270 g/mol. The minimum Gasteiger partial charge on any atom is -0.345 e. The normalized spacial score (nSPS) is 12.1. The number of anilines is 11. The summed E-state index contributed by atoms with van der Waals surface area (Å²) in [5, 5.41) is 7.18. The highest BCUT2D eigenvalue weighted by molar-refractivity contribution is 6.99. The van der Waals surface area contributed by atoms with E-state index in [0.717, 1.165) is 112 Å². The van der Waals surface area contributed by atoms with Crippen molar-refractivity contribution in [1.29, 1.82) is 0 Å². The van der Waals surface area contributed by atoms with Crippen LogP contribution in [0, 0.1) is 0 Å². The van der Waals surface area contributed by atoms with Gasteiger partial charge in [-0.3, -0.25) is 0 Å². The van der Waals surface area contributed by atoms with E-state index in [1.165, 1.54) is 49.0 Å². The highest BCUT2D eigenvalue weighted by Gasteiger charge is 2.40. The Kier molecular flexibility index (Phi) is 13.7. The van der Waals surface area contributed by atoms with E-state index in [1.807, 2.05) is 0 Å². The summed E-state index contributed by atoms with van der Waals surface area (Å²) >= 11 is 0. The first-order valence-electron chi connectivity index (χ1n) is 34.0. The molecule has 0 N–H and O–H groups in total. The lowest BCUT2D eigenvalue weighted by molar-refractivity contribution is 1.14. The maximum atomic E-state index is 2.55. The highest BCUT2D eigenvalue weighted by Crippen LogP contribution is 2.47. The van der Waals surface area contributed by atoms with Gasteiger partial charge in [-0.1, -0.05) is 206 Å². The molecule has 19 rings (SSSR count). The van der Waals surface area contributed by atoms with E-state index in [4.69, 9.17) is 0 Å². The number of aromatic nitrogens is 3. The molecule has 0 atom stereocenters. The van der Waals surface area contributed by atoms with Gasteiger partial charge in [0.05, 0.1) is 38.8 Å². The topological polar surface area (TPSA) is 27.8 Å². The van der Waals surface area contributed by atoms with Crippen molar-refractivity contribution in [2.24, 2.45) is 0 Å². The minimum absolute atomic E-state index is 0.239. The van der Waals surface area contributed by atoms with Crippen LogP contribution in [0.5, 0.6) is 0 Å². The first-order chi connectivity index (χ1) is 49.1. The third kappa shape index (κ3) is 9.51. The maximum Gasteiger partial charge on any atom is 0.249 e. The van der Waals surface area contributed by atoms with Crippen molar-refractivity contribution in [3.8, 4) is 17.1 Å². The molecule has 18 aromatic rings. The minimum atomic E-state index is -0.239. The van der Waals surface area contributed by atoms with Crippen LogP contribution in [-0.4, -0.2) is 27.5 Å². The molecule has 15 aromatic carbocycles. The Morgan fingerprint density at radius 1 is 0.242 bits per heavy atom. The SMILES string of the molecule is CN(c1ccccc1)c1cc(-n2c3ccc(N(c4ccccc4)c4ccccc4)cc3c3cc(N(c4ccccc4)c4ccccc4)ccc32)cc2c1B(c1ccc(-n3c4ccccc4c4ccccc43)cc1)c1ccc(-n3c4ccccc4c4ccccc43)cc1N2c1ccccc1. The Morgan fingerprint density at radius 3 is 1.04 bits per heavy atom. The molecule has 466 valence electrons. The molecule has 1 aliphatic heterocycles. The van der Waals surface area contributed by atoms with Crippen molar-refractivity contribution in [3.05, 3.63) is 370 Å². The van der Waals surface area contributed by atoms with Gasteiger partial charge in [0.25, 0.3) is 0 Å². The zero-order valence-electron chi connectivity index (χ0n) is 54.4. The molecule has 99 heavy (non-hydrogen) atoms. The van der Waals surface area contributed by atoms with Crippen LogP contribution < -0.4 is 36.0 Å². The van der Waals surface area contributed by atoms with Crippen molar-refractivity contribution >= 4 is 151 Å². The second-order valence-electron chi connectivity index (χ2n) is 25.7. The molecule has 0 saturated carbocycles. The van der Waals surface area contributed by atoms with Gasteiger partial charge in [0.15, 0.2) is 0 Å². The van der Waals surface area contributed by atoms with Gasteiger partial charge in [-0.15, -0.1) is 0 Å². The molecular weight excluding hydrogens is 1200 g/mol. The van der Waals surface area contributed by atoms with Crippen LogP contribution in [0.25, 0.3) is 82.5 Å². The number of rotatable bonds is 13. The first-order valence-corrected chi connectivity index (χ1v) is 34.0. The van der Waals surface area contributed by atoms with E-state index in [9.17, 15) is 0 Å². The van der Waals surface area contributed by atoms with Crippen LogP contribution in [0.3, 0.4) is 0 Å². The molecule has 8 heteroatoms. The van der Waals surface area contributed by atoms with Gasteiger partial charge < -0.3 is 33.3 Å². The highest BCUT2D eigenvalue weighted by atomic mass is 15.2. The Bertz CT molecular complexity index is 5750. The molecule has 0 unspecified atom stereocenters. The first kappa shape index (κ1) is 57.4. The quantitative estimate of drug-likeness (QED) is 0.108. The average Bonchev–Trinajstić information content (AvgIpc) is 1.42. The van der Waals surface area contributed by atoms with Gasteiger partial charge in [-0.25, -0.2) is 0 Å². The number of hydrogen-bond donors (Lipinski definition) is 0. The summed E-state index contributed by atoms with van der Waals surface area (Å²) in [6.07, 6.45) is 0. The van der Waals surface area contributed by atoms with Crippen molar-refractivity contribution < 1.29 is 0 Å². The lowest BCUT2D eigenvalue weighted by atomic mass is 9.34. The van der Waals surface area contributed by atoms with E-state index in [0.29, 0.717) is 0 Å². The van der Waals surface area contributed by atoms with E-state index >= 15 is 0 Å². The Labute approximate surface area is 575 Å². The van der Waals surface area contributed by atoms with Crippen molar-refractivity contribution in [3.63, 3.8) is 0 Å². The lowest BCUT2D eigenvalue weighted by Gasteiger charge is -2.40. The number of para-hydroxylation sites is 10. The zero-order chi connectivity index (χ0) is 65.5. The fraction of sp³-hybridized carbons (Fsp3) is 0.0110. The molecule has 0 fully saturated rings. The molecule has 0 amide bonds. The molecule has 7 nitrogen and oxygen atoms in total. The average molecular weight is 1270 g/mol. The molecule has 0 saturated heterocycles. The van der Waals surface area contributed by atoms with E-state index in [1.54, 1.807) is 0 Å². The van der Waals surface area contributed by atoms with Gasteiger partial charge in [0.2, 0.25) is 6.71 Å². The van der Waals surface area contributed by atoms with E-state index < -0.39 is 0 Å². The molecule has 4 heterocycles. The van der Waals surface area contributed by atoms with Gasteiger partial charge in [-0.05, 0) is 181 Å². The number of hydrogen-bond acceptors (Lipinski definition) is 4. The molecule has 0 aliphatic carbocycles. The maximum absolute atomic E-state index is 2.55.